The van der Waals surface area contributed by atoms with Gasteiger partial charge in [0.25, 0.3) is 5.91 Å². The van der Waals surface area contributed by atoms with Crippen LogP contribution in [0.25, 0.3) is 0 Å². The van der Waals surface area contributed by atoms with Gasteiger partial charge >= 0.3 is 0 Å². The predicted molar refractivity (Wildman–Crippen MR) is 112 cm³/mol. The lowest BCUT2D eigenvalue weighted by molar-refractivity contribution is 0.102. The zero-order valence-electron chi connectivity index (χ0n) is 14.9. The molecule has 4 nitrogen and oxygen atoms in total. The van der Waals surface area contributed by atoms with Crippen LogP contribution in [0.4, 0.5) is 5.00 Å². The standard InChI is InChI=1S/C21H18ClNO3S2/c22-15-12-10-14(11-13-15)20(24)23-21-19(17-8-4-5-9-18(17)27-21)28(25,26)16-6-2-1-3-7-16/h1-3,6-7,10-13H,4-5,8-9H2,(H,23,24). The van der Waals surface area contributed by atoms with Crippen molar-refractivity contribution in [1.29, 1.82) is 0 Å². The summed E-state index contributed by atoms with van der Waals surface area (Å²) in [6.07, 6.45) is 3.53. The number of carbonyl (C=O) groups is 1. The van der Waals surface area contributed by atoms with Gasteiger partial charge in [0.2, 0.25) is 9.84 Å². The van der Waals surface area contributed by atoms with Crippen LogP contribution in [0.15, 0.2) is 64.4 Å². The van der Waals surface area contributed by atoms with E-state index in [-0.39, 0.29) is 15.7 Å². The van der Waals surface area contributed by atoms with Crippen molar-refractivity contribution in [2.45, 2.75) is 35.5 Å². The third-order valence-corrected chi connectivity index (χ3v) is 8.25. The molecule has 1 aliphatic rings. The van der Waals surface area contributed by atoms with Crippen LogP contribution < -0.4 is 5.32 Å². The second kappa shape index (κ2) is 7.70. The molecule has 0 radical (unpaired) electrons. The smallest absolute Gasteiger partial charge is 0.256 e. The number of nitrogens with one attached hydrogen (secondary N) is 1. The highest BCUT2D eigenvalue weighted by Crippen LogP contribution is 2.43. The fourth-order valence-corrected chi connectivity index (χ4v) is 6.82. The second-order valence-electron chi connectivity index (χ2n) is 6.65. The molecule has 144 valence electrons. The first-order valence-corrected chi connectivity index (χ1v) is 11.7. The van der Waals surface area contributed by atoms with E-state index in [9.17, 15) is 13.2 Å². The zero-order chi connectivity index (χ0) is 19.7. The Balaban J connectivity index is 1.79. The Morgan fingerprint density at radius 1 is 0.964 bits per heavy atom. The van der Waals surface area contributed by atoms with Crippen LogP contribution in [-0.4, -0.2) is 14.3 Å². The first-order valence-electron chi connectivity index (χ1n) is 8.98. The summed E-state index contributed by atoms with van der Waals surface area (Å²) in [7, 11) is -3.73. The minimum absolute atomic E-state index is 0.239. The van der Waals surface area contributed by atoms with Gasteiger partial charge in [-0.3, -0.25) is 4.79 Å². The Morgan fingerprint density at radius 3 is 2.36 bits per heavy atom. The van der Waals surface area contributed by atoms with Gasteiger partial charge in [-0.25, -0.2) is 8.42 Å². The van der Waals surface area contributed by atoms with Gasteiger partial charge < -0.3 is 5.32 Å². The molecule has 0 spiro atoms. The van der Waals surface area contributed by atoms with Crippen LogP contribution in [-0.2, 0) is 22.7 Å². The number of halogens is 1. The molecule has 4 rings (SSSR count). The lowest BCUT2D eigenvalue weighted by Crippen LogP contribution is -2.14. The fourth-order valence-electron chi connectivity index (χ4n) is 3.40. The normalized spacial score (nSPS) is 13.8. The number of aryl methyl sites for hydroxylation is 1. The molecule has 0 saturated heterocycles. The molecule has 1 aliphatic carbocycles. The number of hydrogen-bond donors (Lipinski definition) is 1. The Hall–Kier alpha value is -2.15. The number of fused-ring (bicyclic) bond motifs is 1. The van der Waals surface area contributed by atoms with Gasteiger partial charge in [0, 0.05) is 15.5 Å². The number of hydrogen-bond acceptors (Lipinski definition) is 4. The average molecular weight is 432 g/mol. The number of amides is 1. The summed E-state index contributed by atoms with van der Waals surface area (Å²) in [6, 6.07) is 14.9. The number of rotatable bonds is 4. The molecule has 1 aromatic heterocycles. The fraction of sp³-hybridized carbons (Fsp3) is 0.190. The highest BCUT2D eigenvalue weighted by atomic mass is 35.5. The Labute approximate surface area is 173 Å². The lowest BCUT2D eigenvalue weighted by Gasteiger charge is -2.13. The minimum Gasteiger partial charge on any atom is -0.312 e. The molecule has 0 fully saturated rings. The van der Waals surface area contributed by atoms with Gasteiger partial charge in [0.05, 0.1) is 4.90 Å². The van der Waals surface area contributed by atoms with Gasteiger partial charge in [-0.05, 0) is 67.6 Å². The van der Waals surface area contributed by atoms with Gasteiger partial charge in [0.15, 0.2) is 0 Å². The Bertz CT molecular complexity index is 1120. The van der Waals surface area contributed by atoms with Crippen molar-refractivity contribution in [1.82, 2.24) is 0 Å². The van der Waals surface area contributed by atoms with E-state index in [1.807, 2.05) is 0 Å². The molecule has 2 aromatic carbocycles. The van der Waals surface area contributed by atoms with E-state index >= 15 is 0 Å². The van der Waals surface area contributed by atoms with Crippen molar-refractivity contribution in [2.75, 3.05) is 5.32 Å². The van der Waals surface area contributed by atoms with Crippen molar-refractivity contribution in [3.63, 3.8) is 0 Å². The van der Waals surface area contributed by atoms with Gasteiger partial charge in [-0.1, -0.05) is 29.8 Å². The SMILES string of the molecule is O=C(Nc1sc2c(c1S(=O)(=O)c1ccccc1)CCCC2)c1ccc(Cl)cc1. The van der Waals surface area contributed by atoms with Crippen molar-refractivity contribution in [3.05, 3.63) is 75.6 Å². The van der Waals surface area contributed by atoms with E-state index in [2.05, 4.69) is 5.32 Å². The summed E-state index contributed by atoms with van der Waals surface area (Å²) in [5, 5.41) is 3.77. The van der Waals surface area contributed by atoms with E-state index in [0.717, 1.165) is 29.7 Å². The topological polar surface area (TPSA) is 63.2 Å². The molecule has 1 heterocycles. The number of thiophene rings is 1. The third kappa shape index (κ3) is 3.60. The van der Waals surface area contributed by atoms with Crippen molar-refractivity contribution < 1.29 is 13.2 Å². The van der Waals surface area contributed by atoms with Crippen LogP contribution >= 0.6 is 22.9 Å². The summed E-state index contributed by atoms with van der Waals surface area (Å²) >= 11 is 7.26. The largest absolute Gasteiger partial charge is 0.312 e. The monoisotopic (exact) mass is 431 g/mol. The molecule has 7 heteroatoms. The number of anilines is 1. The van der Waals surface area contributed by atoms with Crippen molar-refractivity contribution in [3.8, 4) is 0 Å². The van der Waals surface area contributed by atoms with Crippen LogP contribution in [0.3, 0.4) is 0 Å². The van der Waals surface area contributed by atoms with E-state index in [0.29, 0.717) is 22.0 Å². The second-order valence-corrected chi connectivity index (χ2v) is 10.1. The van der Waals surface area contributed by atoms with Crippen molar-refractivity contribution >= 4 is 43.7 Å². The highest BCUT2D eigenvalue weighted by Gasteiger charge is 2.31. The molecule has 0 bridgehead atoms. The molecule has 1 amide bonds. The maximum atomic E-state index is 13.4. The minimum atomic E-state index is -3.73. The number of sulfone groups is 1. The summed E-state index contributed by atoms with van der Waals surface area (Å²) in [6.45, 7) is 0. The molecular formula is C21H18ClNO3S2. The van der Waals surface area contributed by atoms with Crippen LogP contribution in [0.1, 0.15) is 33.6 Å². The van der Waals surface area contributed by atoms with E-state index < -0.39 is 9.84 Å². The molecule has 0 unspecified atom stereocenters. The predicted octanol–water partition coefficient (Wildman–Crippen LogP) is 5.37. The van der Waals surface area contributed by atoms with Gasteiger partial charge in [-0.15, -0.1) is 11.3 Å². The molecule has 0 saturated carbocycles. The molecule has 0 atom stereocenters. The quantitative estimate of drug-likeness (QED) is 0.604. The molecule has 28 heavy (non-hydrogen) atoms. The van der Waals surface area contributed by atoms with E-state index in [1.54, 1.807) is 54.6 Å². The Kier molecular flexibility index (Phi) is 5.27. The molecular weight excluding hydrogens is 414 g/mol. The molecule has 0 aliphatic heterocycles. The first kappa shape index (κ1) is 19.2. The summed E-state index contributed by atoms with van der Waals surface area (Å²) < 4.78 is 26.8. The van der Waals surface area contributed by atoms with Gasteiger partial charge in [-0.2, -0.15) is 0 Å². The summed E-state index contributed by atoms with van der Waals surface area (Å²) in [5.74, 6) is -0.347. The molecule has 3 aromatic rings. The summed E-state index contributed by atoms with van der Waals surface area (Å²) in [5.41, 5.74) is 1.28. The average Bonchev–Trinajstić information content (AvgIpc) is 3.07. The Morgan fingerprint density at radius 2 is 1.64 bits per heavy atom. The summed E-state index contributed by atoms with van der Waals surface area (Å²) in [4.78, 5) is 14.2. The maximum absolute atomic E-state index is 13.4. The first-order chi connectivity index (χ1) is 13.5. The van der Waals surface area contributed by atoms with Crippen LogP contribution in [0.5, 0.6) is 0 Å². The maximum Gasteiger partial charge on any atom is 0.256 e. The van der Waals surface area contributed by atoms with Gasteiger partial charge in [0.1, 0.15) is 9.90 Å². The lowest BCUT2D eigenvalue weighted by atomic mass is 9.99. The highest BCUT2D eigenvalue weighted by molar-refractivity contribution is 7.92. The number of carbonyl (C=O) groups excluding carboxylic acids is 1. The third-order valence-electron chi connectivity index (χ3n) is 4.78. The zero-order valence-corrected chi connectivity index (χ0v) is 17.3. The van der Waals surface area contributed by atoms with E-state index in [1.165, 1.54) is 11.3 Å². The molecule has 1 N–H and O–H groups in total. The number of benzene rings is 2. The van der Waals surface area contributed by atoms with Crippen LogP contribution in [0, 0.1) is 0 Å². The van der Waals surface area contributed by atoms with Crippen LogP contribution in [0.2, 0.25) is 5.02 Å². The van der Waals surface area contributed by atoms with E-state index in [4.69, 9.17) is 11.6 Å². The van der Waals surface area contributed by atoms with Crippen molar-refractivity contribution in [2.24, 2.45) is 0 Å².